The van der Waals surface area contributed by atoms with Crippen LogP contribution < -0.4 is 15.5 Å². The molecule has 31 heavy (non-hydrogen) atoms. The van der Waals surface area contributed by atoms with Crippen molar-refractivity contribution in [2.75, 3.05) is 58.3 Å². The average Bonchev–Trinajstić information content (AvgIpc) is 3.20. The van der Waals surface area contributed by atoms with Crippen molar-refractivity contribution < 1.29 is 4.79 Å². The lowest BCUT2D eigenvalue weighted by Gasteiger charge is -2.35. The summed E-state index contributed by atoms with van der Waals surface area (Å²) in [7, 11) is 3.93. The first-order valence-corrected chi connectivity index (χ1v) is 11.2. The van der Waals surface area contributed by atoms with Crippen molar-refractivity contribution in [2.45, 2.75) is 32.9 Å². The molecule has 2 N–H and O–H groups in total. The topological polar surface area (TPSA) is 63.2 Å². The molecule has 1 unspecified atom stereocenters. The number of hydrogen-bond acceptors (Lipinski definition) is 4. The van der Waals surface area contributed by atoms with Gasteiger partial charge in [-0.25, -0.2) is 0 Å². The zero-order valence-corrected chi connectivity index (χ0v) is 22.1. The van der Waals surface area contributed by atoms with E-state index in [2.05, 4.69) is 38.5 Å². The molecule has 0 radical (unpaired) electrons. The molecule has 1 aromatic carbocycles. The molecule has 1 aromatic rings. The summed E-state index contributed by atoms with van der Waals surface area (Å²) in [6.45, 7) is 10.1. The molecule has 2 aliphatic rings. The molecule has 0 spiro atoms. The Morgan fingerprint density at radius 3 is 2.58 bits per heavy atom. The zero-order chi connectivity index (χ0) is 21.7. The molecule has 174 valence electrons. The molecule has 0 bridgehead atoms. The normalized spacial score (nSPS) is 20.1. The molecule has 3 rings (SSSR count). The fraction of sp³-hybridized carbons (Fsp3) is 0.636. The van der Waals surface area contributed by atoms with E-state index in [4.69, 9.17) is 11.6 Å². The number of benzene rings is 1. The molecule has 2 fully saturated rings. The van der Waals surface area contributed by atoms with Crippen LogP contribution in [-0.4, -0.2) is 81.1 Å². The van der Waals surface area contributed by atoms with Crippen LogP contribution in [0.3, 0.4) is 0 Å². The molecule has 1 amide bonds. The van der Waals surface area contributed by atoms with Gasteiger partial charge in [0.05, 0.1) is 0 Å². The number of likely N-dealkylation sites (N-methyl/N-ethyl adjacent to an activating group) is 1. The average molecular weight is 563 g/mol. The highest BCUT2D eigenvalue weighted by molar-refractivity contribution is 14.0. The van der Waals surface area contributed by atoms with Gasteiger partial charge in [-0.3, -0.25) is 9.79 Å². The number of aliphatic imine (C=N–C) groups is 1. The Labute approximate surface area is 208 Å². The molecule has 0 aliphatic carbocycles. The third-order valence-electron chi connectivity index (χ3n) is 5.93. The number of amides is 1. The minimum Gasteiger partial charge on any atom is -0.369 e. The summed E-state index contributed by atoms with van der Waals surface area (Å²) in [5, 5.41) is 7.66. The van der Waals surface area contributed by atoms with Crippen LogP contribution in [0, 0.1) is 5.92 Å². The van der Waals surface area contributed by atoms with Crippen LogP contribution >= 0.6 is 35.6 Å². The molecule has 9 heteroatoms. The largest absolute Gasteiger partial charge is 0.369 e. The monoisotopic (exact) mass is 562 g/mol. The van der Waals surface area contributed by atoms with Crippen molar-refractivity contribution in [2.24, 2.45) is 10.9 Å². The molecule has 0 saturated carbocycles. The Morgan fingerprint density at radius 2 is 1.94 bits per heavy atom. The Morgan fingerprint density at radius 1 is 1.23 bits per heavy atom. The number of carbonyl (C=O) groups excluding carboxylic acids is 1. The van der Waals surface area contributed by atoms with Crippen molar-refractivity contribution in [1.29, 1.82) is 0 Å². The predicted molar refractivity (Wildman–Crippen MR) is 140 cm³/mol. The highest BCUT2D eigenvalue weighted by Gasteiger charge is 2.28. The summed E-state index contributed by atoms with van der Waals surface area (Å²) in [4.78, 5) is 23.3. The molecule has 7 nitrogen and oxygen atoms in total. The van der Waals surface area contributed by atoms with Crippen LogP contribution in [-0.2, 0) is 11.3 Å². The van der Waals surface area contributed by atoms with E-state index in [1.54, 1.807) is 7.05 Å². The Balaban J connectivity index is 0.00000341. The lowest BCUT2D eigenvalue weighted by molar-refractivity contribution is -0.133. The quantitative estimate of drug-likeness (QED) is 0.328. The second-order valence-electron chi connectivity index (χ2n) is 8.52. The first kappa shape index (κ1) is 26.0. The number of piperazine rings is 1. The maximum atomic E-state index is 12.2. The van der Waals surface area contributed by atoms with Gasteiger partial charge < -0.3 is 25.3 Å². The SMILES string of the molecule is CN=C(NCc1c(Cl)cccc1N1CCN(C)CC1)NC1CCN(C(=O)C(C)C)C1.I. The van der Waals surface area contributed by atoms with Crippen LogP contribution in [0.2, 0.25) is 5.02 Å². The van der Waals surface area contributed by atoms with Gasteiger partial charge in [0.1, 0.15) is 0 Å². The van der Waals surface area contributed by atoms with Crippen molar-refractivity contribution in [3.63, 3.8) is 0 Å². The van der Waals surface area contributed by atoms with Gasteiger partial charge in [-0.1, -0.05) is 31.5 Å². The number of guanidine groups is 1. The van der Waals surface area contributed by atoms with Crippen LogP contribution in [0.1, 0.15) is 25.8 Å². The van der Waals surface area contributed by atoms with Crippen molar-refractivity contribution >= 4 is 53.1 Å². The van der Waals surface area contributed by atoms with E-state index < -0.39 is 0 Å². The van der Waals surface area contributed by atoms with E-state index >= 15 is 0 Å². The minimum absolute atomic E-state index is 0. The number of nitrogens with one attached hydrogen (secondary N) is 2. The van der Waals surface area contributed by atoms with E-state index in [0.717, 1.165) is 62.2 Å². The predicted octanol–water partition coefficient (Wildman–Crippen LogP) is 2.63. The second-order valence-corrected chi connectivity index (χ2v) is 8.93. The van der Waals surface area contributed by atoms with E-state index in [-0.39, 0.29) is 41.8 Å². The van der Waals surface area contributed by atoms with Gasteiger partial charge >= 0.3 is 0 Å². The van der Waals surface area contributed by atoms with Gasteiger partial charge in [-0.05, 0) is 25.6 Å². The molecular weight excluding hydrogens is 527 g/mol. The third-order valence-corrected chi connectivity index (χ3v) is 6.28. The van der Waals surface area contributed by atoms with Crippen LogP contribution in [0.4, 0.5) is 5.69 Å². The van der Waals surface area contributed by atoms with E-state index in [9.17, 15) is 4.79 Å². The lowest BCUT2D eigenvalue weighted by atomic mass is 10.1. The Bertz CT molecular complexity index is 766. The van der Waals surface area contributed by atoms with Gasteiger partial charge in [0, 0.05) is 81.1 Å². The number of likely N-dealkylation sites (tertiary alicyclic amines) is 1. The summed E-state index contributed by atoms with van der Waals surface area (Å²) >= 11 is 6.58. The molecule has 2 heterocycles. The molecular formula is C22H36ClIN6O. The highest BCUT2D eigenvalue weighted by atomic mass is 127. The highest BCUT2D eigenvalue weighted by Crippen LogP contribution is 2.28. The number of halogens is 2. The smallest absolute Gasteiger partial charge is 0.225 e. The fourth-order valence-corrected chi connectivity index (χ4v) is 4.31. The van der Waals surface area contributed by atoms with Gasteiger partial charge in [0.15, 0.2) is 5.96 Å². The number of carbonyl (C=O) groups is 1. The van der Waals surface area contributed by atoms with Crippen LogP contribution in [0.5, 0.6) is 0 Å². The van der Waals surface area contributed by atoms with E-state index in [1.807, 2.05) is 30.9 Å². The first-order valence-electron chi connectivity index (χ1n) is 10.9. The molecule has 2 saturated heterocycles. The van der Waals surface area contributed by atoms with Crippen molar-refractivity contribution in [3.05, 3.63) is 28.8 Å². The molecule has 0 aromatic heterocycles. The Kier molecular flexibility index (Phi) is 10.2. The van der Waals surface area contributed by atoms with Gasteiger partial charge in [0.2, 0.25) is 5.91 Å². The fourth-order valence-electron chi connectivity index (χ4n) is 4.07. The minimum atomic E-state index is 0. The van der Waals surface area contributed by atoms with Gasteiger partial charge in [-0.15, -0.1) is 24.0 Å². The number of nitrogens with zero attached hydrogens (tertiary/aromatic N) is 4. The maximum absolute atomic E-state index is 12.2. The van der Waals surface area contributed by atoms with Crippen molar-refractivity contribution in [1.82, 2.24) is 20.4 Å². The second kappa shape index (κ2) is 12.1. The van der Waals surface area contributed by atoms with E-state index in [1.165, 1.54) is 5.69 Å². The third kappa shape index (κ3) is 6.86. The summed E-state index contributed by atoms with van der Waals surface area (Å²) in [6.07, 6.45) is 0.928. The summed E-state index contributed by atoms with van der Waals surface area (Å²) in [5.41, 5.74) is 2.28. The summed E-state index contributed by atoms with van der Waals surface area (Å²) < 4.78 is 0. The number of hydrogen-bond donors (Lipinski definition) is 2. The number of rotatable bonds is 5. The summed E-state index contributed by atoms with van der Waals surface area (Å²) in [5.74, 6) is 0.993. The Hall–Kier alpha value is -1.26. The standard InChI is InChI=1S/C22H35ClN6O.HI/c1-16(2)21(30)29-9-8-17(15-29)26-22(24-3)25-14-18-19(23)6-5-7-20(18)28-12-10-27(4)11-13-28;/h5-7,16-17H,8-15H2,1-4H3,(H2,24,25,26);1H. The van der Waals surface area contributed by atoms with Crippen LogP contribution in [0.25, 0.3) is 0 Å². The lowest BCUT2D eigenvalue weighted by Crippen LogP contribution is -2.46. The molecule has 1 atom stereocenters. The first-order chi connectivity index (χ1) is 14.4. The zero-order valence-electron chi connectivity index (χ0n) is 19.0. The van der Waals surface area contributed by atoms with E-state index in [0.29, 0.717) is 6.54 Å². The molecule has 2 aliphatic heterocycles. The number of anilines is 1. The maximum Gasteiger partial charge on any atom is 0.225 e. The summed E-state index contributed by atoms with van der Waals surface area (Å²) in [6, 6.07) is 6.32. The van der Waals surface area contributed by atoms with Gasteiger partial charge in [-0.2, -0.15) is 0 Å². The van der Waals surface area contributed by atoms with Gasteiger partial charge in [0.25, 0.3) is 0 Å². The van der Waals surface area contributed by atoms with Crippen LogP contribution in [0.15, 0.2) is 23.2 Å². The van der Waals surface area contributed by atoms with Crippen molar-refractivity contribution in [3.8, 4) is 0 Å².